The summed E-state index contributed by atoms with van der Waals surface area (Å²) in [5.74, 6) is -11.8. The van der Waals surface area contributed by atoms with Gasteiger partial charge in [0, 0.05) is 80.2 Å². The van der Waals surface area contributed by atoms with Crippen molar-refractivity contribution >= 4 is 78.7 Å². The lowest BCUT2D eigenvalue weighted by molar-refractivity contribution is -0.314. The van der Waals surface area contributed by atoms with Crippen LogP contribution in [0.1, 0.15) is 59.5 Å². The van der Waals surface area contributed by atoms with Crippen molar-refractivity contribution in [2.45, 2.75) is 87.0 Å². The predicted octanol–water partition coefficient (Wildman–Crippen LogP) is 15.4. The number of amides is 4. The lowest BCUT2D eigenvalue weighted by atomic mass is 9.80. The number of phenols is 2. The normalized spacial score (nSPS) is 18.2. The Labute approximate surface area is 654 Å². The molecule has 24 nitrogen and oxygen atoms in total. The van der Waals surface area contributed by atoms with Gasteiger partial charge in [-0.2, -0.15) is 39.5 Å². The van der Waals surface area contributed by atoms with Crippen molar-refractivity contribution in [3.63, 3.8) is 0 Å². The van der Waals surface area contributed by atoms with Crippen molar-refractivity contribution in [3.05, 3.63) is 203 Å². The Kier molecular flexibility index (Phi) is 19.7. The minimum absolute atomic E-state index is 0.0503. The minimum atomic E-state index is -6.33. The Morgan fingerprint density at radius 3 is 0.897 bits per heavy atom. The van der Waals surface area contributed by atoms with Crippen molar-refractivity contribution in [3.8, 4) is 80.5 Å². The smallest absolute Gasteiger partial charge is 0.434 e. The molecule has 0 aromatic heterocycles. The van der Waals surface area contributed by atoms with Crippen LogP contribution in [0, 0.1) is 0 Å². The molecular formula is C84H61F9N2O22. The lowest BCUT2D eigenvalue weighted by Gasteiger charge is -2.36. The number of hydrogen-bond donors (Lipinski definition) is 2. The molecule has 6 aliphatic heterocycles. The molecule has 11 aromatic carbocycles. The van der Waals surface area contributed by atoms with Crippen LogP contribution in [-0.4, -0.2) is 176 Å². The Hall–Kier alpha value is -12.9. The Morgan fingerprint density at radius 1 is 0.376 bits per heavy atom. The second-order valence-electron chi connectivity index (χ2n) is 28.3. The number of carbonyl (C=O) groups excluding carboxylic acids is 6. The third-order valence-electron chi connectivity index (χ3n) is 19.9. The first-order valence-corrected chi connectivity index (χ1v) is 36.4. The maximum atomic E-state index is 16.5. The predicted molar refractivity (Wildman–Crippen MR) is 390 cm³/mol. The number of benzene rings is 11. The van der Waals surface area contributed by atoms with Gasteiger partial charge in [0.2, 0.25) is 0 Å². The zero-order valence-corrected chi connectivity index (χ0v) is 60.7. The zero-order valence-electron chi connectivity index (χ0n) is 60.7. The molecule has 117 heavy (non-hydrogen) atoms. The molecule has 4 saturated heterocycles. The summed E-state index contributed by atoms with van der Waals surface area (Å²) in [5.41, 5.74) is -2.30. The topological polar surface area (TPSA) is 292 Å². The van der Waals surface area contributed by atoms with E-state index in [0.717, 1.165) is 48.5 Å². The van der Waals surface area contributed by atoms with Gasteiger partial charge in [-0.05, 0) is 115 Å². The van der Waals surface area contributed by atoms with E-state index < -0.39 is 142 Å². The van der Waals surface area contributed by atoms with Gasteiger partial charge in [-0.25, -0.2) is 9.59 Å². The van der Waals surface area contributed by atoms with E-state index in [9.17, 15) is 59.3 Å². The van der Waals surface area contributed by atoms with Crippen LogP contribution in [0.15, 0.2) is 170 Å². The second-order valence-corrected chi connectivity index (χ2v) is 28.3. The number of rotatable bonds is 30. The van der Waals surface area contributed by atoms with Gasteiger partial charge in [0.25, 0.3) is 29.7 Å². The molecule has 0 bridgehead atoms. The van der Waals surface area contributed by atoms with Crippen LogP contribution in [0.5, 0.6) is 80.5 Å². The number of aromatic hydroxyl groups is 2. The maximum absolute atomic E-state index is 16.5. The third kappa shape index (κ3) is 16.0. The fraction of sp³-hybridized carbons (Fsp3) is 0.262. The van der Waals surface area contributed by atoms with Crippen molar-refractivity contribution in [1.29, 1.82) is 0 Å². The van der Waals surface area contributed by atoms with Crippen LogP contribution in [0.3, 0.4) is 0 Å². The number of carbonyl (C=O) groups is 6. The SMILES string of the molecule is CC(OC(=O)C(Cc1ccc(O)cc1)N1C(=O)c2cc(Oc3cccc(OCC4CO4)c3)c3c4c(Oc5cccc(OCC6CO6)c5)cc5c6c(cc(Oc7cccc(OCC8CO8)c7)c(c7c(Oc8cccc(OCC9CO9)c8)cc(c2c37)C1=O)c64)C(=O)N(C(Cc1ccc(O)cc1)C(=O)OC(C(F)(F)F)C(F)(F)F)C5=O)C(F)(F)F. The molecule has 602 valence electrons. The van der Waals surface area contributed by atoms with E-state index >= 15 is 19.2 Å². The van der Waals surface area contributed by atoms with Gasteiger partial charge in [0.1, 0.15) is 143 Å². The monoisotopic (exact) mass is 1620 g/mol. The Balaban J connectivity index is 0.994. The summed E-state index contributed by atoms with van der Waals surface area (Å²) in [6.45, 7) is 2.29. The summed E-state index contributed by atoms with van der Waals surface area (Å²) < 4.78 is 216. The van der Waals surface area contributed by atoms with E-state index in [1.807, 2.05) is 0 Å². The molecule has 0 aliphatic carbocycles. The molecule has 6 aliphatic rings. The summed E-state index contributed by atoms with van der Waals surface area (Å²) in [5, 5.41) is 18.8. The minimum Gasteiger partial charge on any atom is -0.508 e. The number of alkyl halides is 9. The quantitative estimate of drug-likeness (QED) is 0.0106. The number of nitrogens with zero attached hydrogens (tertiary/aromatic N) is 2. The number of epoxide rings is 4. The van der Waals surface area contributed by atoms with Gasteiger partial charge in [0.05, 0.1) is 48.7 Å². The molecule has 0 spiro atoms. The molecule has 17 rings (SSSR count). The maximum Gasteiger partial charge on any atom is 0.434 e. The molecule has 7 unspecified atom stereocenters. The molecule has 4 fully saturated rings. The van der Waals surface area contributed by atoms with E-state index in [1.54, 1.807) is 24.3 Å². The van der Waals surface area contributed by atoms with Crippen LogP contribution < -0.4 is 37.9 Å². The van der Waals surface area contributed by atoms with Crippen LogP contribution in [0.2, 0.25) is 0 Å². The van der Waals surface area contributed by atoms with Crippen LogP contribution in [0.25, 0.3) is 43.1 Å². The van der Waals surface area contributed by atoms with Crippen LogP contribution in [-0.2, 0) is 50.9 Å². The van der Waals surface area contributed by atoms with Gasteiger partial charge in [-0.3, -0.25) is 29.0 Å². The highest BCUT2D eigenvalue weighted by Crippen LogP contribution is 2.59. The number of esters is 2. The van der Waals surface area contributed by atoms with E-state index in [2.05, 4.69) is 4.74 Å². The first kappa shape index (κ1) is 76.8. The number of halogens is 9. The number of ether oxygens (including phenoxy) is 14. The highest BCUT2D eigenvalue weighted by atomic mass is 19.4. The zero-order chi connectivity index (χ0) is 81.7. The van der Waals surface area contributed by atoms with Gasteiger partial charge in [-0.1, -0.05) is 48.5 Å². The summed E-state index contributed by atoms with van der Waals surface area (Å²) in [7, 11) is 0. The summed E-state index contributed by atoms with van der Waals surface area (Å²) in [6, 6.07) is 32.8. The van der Waals surface area contributed by atoms with Gasteiger partial charge >= 0.3 is 30.5 Å². The van der Waals surface area contributed by atoms with Gasteiger partial charge in [0.15, 0.2) is 6.10 Å². The first-order chi connectivity index (χ1) is 56.0. The van der Waals surface area contributed by atoms with Crippen LogP contribution >= 0.6 is 0 Å². The van der Waals surface area contributed by atoms with Crippen molar-refractivity contribution in [1.82, 2.24) is 9.80 Å². The van der Waals surface area contributed by atoms with E-state index in [1.165, 1.54) is 97.1 Å². The standard InChI is InChI=1S/C84H61F9N2O22/c1-40(82(85,86)87)112-79(102)61(22-41-14-18-43(96)19-15-41)94-75(98)57-28-63(113-49-10-2-6-45(24-49)104-32-53-36-108-53)69-71-65(115-51-12-4-8-47(26-51)106-34-55-38-110-55)30-59-68-60(78(101)95(77(59)100)62(23-42-16-20-44(97)21-17-42)80(103)117-81(83(88,89)90)84(91,92)93)31-66(116-52-13-5-9-48(27-52)107-35-56-39-111-56)72(74(68)71)70-64(29-58(76(94)99)67(57)73(69)70)114-50-11-3-7-46(25-50)105-33-54-37-109-54/h2-21,24-31,40,53-56,61-62,81,96-97H,22-23,32-39H2,1H3. The Morgan fingerprint density at radius 2 is 0.641 bits per heavy atom. The molecule has 2 N–H and O–H groups in total. The second kappa shape index (κ2) is 30.1. The van der Waals surface area contributed by atoms with E-state index in [0.29, 0.717) is 38.3 Å². The molecule has 4 amide bonds. The Bertz CT molecular complexity index is 5380. The molecule has 6 heterocycles. The summed E-state index contributed by atoms with van der Waals surface area (Å²) >= 11 is 0. The fourth-order valence-corrected chi connectivity index (χ4v) is 14.0. The molecule has 0 radical (unpaired) electrons. The van der Waals surface area contributed by atoms with Gasteiger partial charge < -0.3 is 76.5 Å². The first-order valence-electron chi connectivity index (χ1n) is 36.4. The number of hydrogen-bond acceptors (Lipinski definition) is 22. The molecule has 7 atom stereocenters. The summed E-state index contributed by atoms with van der Waals surface area (Å²) in [4.78, 5) is 96.1. The highest BCUT2D eigenvalue weighted by molar-refractivity contribution is 6.45. The number of imide groups is 2. The lowest BCUT2D eigenvalue weighted by Crippen LogP contribution is -2.55. The number of phenolic OH excluding ortho intramolecular Hbond substituents is 2. The van der Waals surface area contributed by atoms with Gasteiger partial charge in [-0.15, -0.1) is 0 Å². The average molecular weight is 1620 g/mol. The fourth-order valence-electron chi connectivity index (χ4n) is 14.0. The molecular weight excluding hydrogens is 1560 g/mol. The molecule has 33 heteroatoms. The average Bonchev–Trinajstić information content (AvgIpc) is 0.690. The summed E-state index contributed by atoms with van der Waals surface area (Å²) in [6.07, 6.45) is -28.4. The van der Waals surface area contributed by atoms with E-state index in [4.69, 9.17) is 61.6 Å². The van der Waals surface area contributed by atoms with Crippen molar-refractivity contribution in [2.24, 2.45) is 0 Å². The van der Waals surface area contributed by atoms with E-state index in [-0.39, 0.29) is 162 Å². The van der Waals surface area contributed by atoms with Crippen molar-refractivity contribution in [2.75, 3.05) is 52.9 Å². The third-order valence-corrected chi connectivity index (χ3v) is 19.9. The van der Waals surface area contributed by atoms with Crippen LogP contribution in [0.4, 0.5) is 39.5 Å². The highest BCUT2D eigenvalue weighted by Gasteiger charge is 2.61. The number of fused-ring (bicyclic) bond motifs is 2. The largest absolute Gasteiger partial charge is 0.508 e. The van der Waals surface area contributed by atoms with Crippen molar-refractivity contribution < 1.29 is 145 Å². The molecule has 0 saturated carbocycles. The molecule has 11 aromatic rings.